The van der Waals surface area contributed by atoms with Crippen molar-refractivity contribution in [1.82, 2.24) is 19.5 Å². The van der Waals surface area contributed by atoms with Crippen LogP contribution >= 0.6 is 11.6 Å². The quantitative estimate of drug-likeness (QED) is 0.436. The molecule has 0 spiro atoms. The maximum atomic E-state index is 14.0. The summed E-state index contributed by atoms with van der Waals surface area (Å²) in [7, 11) is 0. The van der Waals surface area contributed by atoms with Crippen LogP contribution in [0.15, 0.2) is 16.9 Å². The normalized spacial score (nSPS) is 20.8. The van der Waals surface area contributed by atoms with Gasteiger partial charge in [0.1, 0.15) is 29.1 Å². The highest BCUT2D eigenvalue weighted by molar-refractivity contribution is 6.35. The van der Waals surface area contributed by atoms with Gasteiger partial charge in [0.25, 0.3) is 5.56 Å². The number of benzene rings is 1. The number of aliphatic hydroxyl groups is 1. The maximum absolute atomic E-state index is 14.0. The van der Waals surface area contributed by atoms with Gasteiger partial charge in [-0.05, 0) is 43.7 Å². The molecule has 33 heavy (non-hydrogen) atoms. The third kappa shape index (κ3) is 3.71. The molecule has 0 bridgehead atoms. The SMILES string of the molecule is N#Cc1c(N)nc(N)nc1N[C@H](c1nc2c(Cl)cc(F)cc2c(=O)n1C1CC(O)C1)C1CC1. The average Bonchev–Trinajstić information content (AvgIpc) is 3.55. The van der Waals surface area contributed by atoms with Crippen molar-refractivity contribution in [3.05, 3.63) is 44.7 Å². The number of hydrogen-bond donors (Lipinski definition) is 4. The van der Waals surface area contributed by atoms with Crippen LogP contribution in [0.4, 0.5) is 22.0 Å². The van der Waals surface area contributed by atoms with Crippen molar-refractivity contribution in [3.63, 3.8) is 0 Å². The lowest BCUT2D eigenvalue weighted by molar-refractivity contribution is 0.0451. The molecule has 2 fully saturated rings. The van der Waals surface area contributed by atoms with Crippen molar-refractivity contribution in [3.8, 4) is 6.07 Å². The van der Waals surface area contributed by atoms with E-state index >= 15 is 0 Å². The molecule has 0 amide bonds. The fraction of sp³-hybridized carbons (Fsp3) is 0.381. The van der Waals surface area contributed by atoms with Gasteiger partial charge in [0.15, 0.2) is 5.82 Å². The summed E-state index contributed by atoms with van der Waals surface area (Å²) in [6.07, 6.45) is 1.93. The van der Waals surface area contributed by atoms with Crippen LogP contribution < -0.4 is 22.3 Å². The van der Waals surface area contributed by atoms with Crippen LogP contribution in [0, 0.1) is 23.1 Å². The summed E-state index contributed by atoms with van der Waals surface area (Å²) in [5.41, 5.74) is 11.4. The maximum Gasteiger partial charge on any atom is 0.261 e. The van der Waals surface area contributed by atoms with E-state index in [1.54, 1.807) is 0 Å². The van der Waals surface area contributed by atoms with Crippen LogP contribution in [-0.4, -0.2) is 30.7 Å². The number of nitrogens with zero attached hydrogens (tertiary/aromatic N) is 5. The van der Waals surface area contributed by atoms with E-state index in [-0.39, 0.29) is 51.0 Å². The third-order valence-electron chi connectivity index (χ3n) is 6.13. The largest absolute Gasteiger partial charge is 0.393 e. The molecule has 2 heterocycles. The zero-order chi connectivity index (χ0) is 23.4. The van der Waals surface area contributed by atoms with Crippen molar-refractivity contribution < 1.29 is 9.50 Å². The van der Waals surface area contributed by atoms with E-state index in [1.165, 1.54) is 4.57 Å². The highest BCUT2D eigenvalue weighted by atomic mass is 35.5. The summed E-state index contributed by atoms with van der Waals surface area (Å²) in [4.78, 5) is 26.2. The summed E-state index contributed by atoms with van der Waals surface area (Å²) in [6, 6.07) is 3.37. The molecule has 0 saturated heterocycles. The van der Waals surface area contributed by atoms with Crippen molar-refractivity contribution in [2.75, 3.05) is 16.8 Å². The molecule has 12 heteroatoms. The number of nitriles is 1. The molecule has 5 rings (SSSR count). The van der Waals surface area contributed by atoms with Gasteiger partial charge in [0.2, 0.25) is 5.95 Å². The van der Waals surface area contributed by atoms with Gasteiger partial charge in [-0.25, -0.2) is 9.37 Å². The smallest absolute Gasteiger partial charge is 0.261 e. The van der Waals surface area contributed by atoms with E-state index in [2.05, 4.69) is 15.3 Å². The number of anilines is 3. The lowest BCUT2D eigenvalue weighted by atomic mass is 9.88. The number of nitrogens with two attached hydrogens (primary N) is 2. The fourth-order valence-corrected chi connectivity index (χ4v) is 4.52. The number of nitrogen functional groups attached to an aromatic ring is 2. The van der Waals surface area contributed by atoms with Crippen LogP contribution in [-0.2, 0) is 0 Å². The molecule has 0 aliphatic heterocycles. The number of hydrogen-bond acceptors (Lipinski definition) is 9. The molecule has 0 radical (unpaired) electrons. The van der Waals surface area contributed by atoms with Gasteiger partial charge in [-0.2, -0.15) is 15.2 Å². The second-order valence-corrected chi connectivity index (χ2v) is 8.88. The molecule has 2 saturated carbocycles. The zero-order valence-electron chi connectivity index (χ0n) is 17.3. The Balaban J connectivity index is 1.71. The lowest BCUT2D eigenvalue weighted by Gasteiger charge is -2.36. The minimum Gasteiger partial charge on any atom is -0.393 e. The first-order valence-electron chi connectivity index (χ1n) is 10.5. The minimum atomic E-state index is -0.637. The van der Waals surface area contributed by atoms with Crippen molar-refractivity contribution in [2.24, 2.45) is 5.92 Å². The molecule has 6 N–H and O–H groups in total. The molecule has 2 aliphatic carbocycles. The van der Waals surface area contributed by atoms with Gasteiger partial charge < -0.3 is 21.9 Å². The van der Waals surface area contributed by atoms with Gasteiger partial charge in [-0.1, -0.05) is 11.6 Å². The first kappa shape index (κ1) is 21.4. The van der Waals surface area contributed by atoms with E-state index < -0.39 is 23.5 Å². The predicted octanol–water partition coefficient (Wildman–Crippen LogP) is 2.27. The Morgan fingerprint density at radius 3 is 2.64 bits per heavy atom. The van der Waals surface area contributed by atoms with Crippen molar-refractivity contribution in [2.45, 2.75) is 43.9 Å². The highest BCUT2D eigenvalue weighted by Gasteiger charge is 2.40. The van der Waals surface area contributed by atoms with Crippen LogP contribution in [0.3, 0.4) is 0 Å². The van der Waals surface area contributed by atoms with E-state index in [0.29, 0.717) is 18.7 Å². The summed E-state index contributed by atoms with van der Waals surface area (Å²) >= 11 is 6.25. The molecule has 1 atom stereocenters. The van der Waals surface area contributed by atoms with E-state index in [9.17, 15) is 19.6 Å². The van der Waals surface area contributed by atoms with Gasteiger partial charge in [0.05, 0.1) is 28.1 Å². The number of aromatic nitrogens is 4. The topological polar surface area (TPSA) is 169 Å². The molecule has 1 aromatic carbocycles. The molecule has 3 aromatic rings. The number of halogens is 2. The van der Waals surface area contributed by atoms with E-state index in [4.69, 9.17) is 28.1 Å². The average molecular weight is 471 g/mol. The molecular weight excluding hydrogens is 451 g/mol. The first-order valence-corrected chi connectivity index (χ1v) is 10.8. The van der Waals surface area contributed by atoms with Crippen LogP contribution in [0.25, 0.3) is 10.9 Å². The fourth-order valence-electron chi connectivity index (χ4n) is 4.27. The molecule has 0 unspecified atom stereocenters. The number of aliphatic hydroxyl groups excluding tert-OH is 1. The monoisotopic (exact) mass is 470 g/mol. The van der Waals surface area contributed by atoms with E-state index in [1.807, 2.05) is 6.07 Å². The van der Waals surface area contributed by atoms with E-state index in [0.717, 1.165) is 25.0 Å². The highest BCUT2D eigenvalue weighted by Crippen LogP contribution is 2.44. The molecule has 2 aromatic heterocycles. The zero-order valence-corrected chi connectivity index (χ0v) is 18.1. The Morgan fingerprint density at radius 2 is 2.00 bits per heavy atom. The van der Waals surface area contributed by atoms with Gasteiger partial charge in [-0.3, -0.25) is 9.36 Å². The van der Waals surface area contributed by atoms with Gasteiger partial charge >= 0.3 is 0 Å². The Labute approximate surface area is 192 Å². The molecule has 170 valence electrons. The van der Waals surface area contributed by atoms with Crippen LogP contribution in [0.5, 0.6) is 0 Å². The third-order valence-corrected chi connectivity index (χ3v) is 6.42. The number of fused-ring (bicyclic) bond motifs is 1. The second-order valence-electron chi connectivity index (χ2n) is 8.47. The molecule has 10 nitrogen and oxygen atoms in total. The minimum absolute atomic E-state index is 0.0203. The summed E-state index contributed by atoms with van der Waals surface area (Å²) < 4.78 is 15.5. The van der Waals surface area contributed by atoms with Crippen LogP contribution in [0.1, 0.15) is 49.2 Å². The summed E-state index contributed by atoms with van der Waals surface area (Å²) in [5.74, 6) is -0.200. The Hall–Kier alpha value is -3.49. The first-order chi connectivity index (χ1) is 15.8. The Kier molecular flexibility index (Phi) is 5.07. The summed E-state index contributed by atoms with van der Waals surface area (Å²) in [5, 5.41) is 22.7. The second kappa shape index (κ2) is 7.83. The molecule has 2 aliphatic rings. The predicted molar refractivity (Wildman–Crippen MR) is 120 cm³/mol. The lowest BCUT2D eigenvalue weighted by Crippen LogP contribution is -2.40. The van der Waals surface area contributed by atoms with Crippen LogP contribution in [0.2, 0.25) is 5.02 Å². The molecular formula is C21H20ClFN8O2. The number of nitrogens with one attached hydrogen (secondary N) is 1. The Bertz CT molecular complexity index is 1380. The number of rotatable bonds is 5. The van der Waals surface area contributed by atoms with Crippen molar-refractivity contribution >= 4 is 40.1 Å². The summed E-state index contributed by atoms with van der Waals surface area (Å²) in [6.45, 7) is 0. The van der Waals surface area contributed by atoms with Crippen molar-refractivity contribution in [1.29, 1.82) is 5.26 Å². The van der Waals surface area contributed by atoms with Gasteiger partial charge in [0, 0.05) is 6.04 Å². The van der Waals surface area contributed by atoms with Gasteiger partial charge in [-0.15, -0.1) is 0 Å². The standard InChI is InChI=1S/C21H20ClFN8O2/c22-14-4-9(23)3-12-16(14)28-19(31(20(12)33)10-5-11(32)6-10)15(8-1-2-8)27-18-13(7-24)17(25)29-21(26)30-18/h3-4,8,10-11,15,32H,1-2,5-6H2,(H5,25,26,27,29,30)/t10?,11?,15-/m0/s1. The Morgan fingerprint density at radius 1 is 1.27 bits per heavy atom.